The third-order valence-corrected chi connectivity index (χ3v) is 5.40. The van der Waals surface area contributed by atoms with Gasteiger partial charge < -0.3 is 4.57 Å². The minimum absolute atomic E-state index is 0.0785. The topological polar surface area (TPSA) is 35.6 Å². The van der Waals surface area contributed by atoms with Crippen LogP contribution in [-0.2, 0) is 13.5 Å². The molecule has 0 aromatic carbocycles. The van der Waals surface area contributed by atoms with Crippen LogP contribution in [0.25, 0.3) is 11.2 Å². The number of nitrogens with zero attached hydrogens (tertiary/aromatic N) is 4. The first-order valence-corrected chi connectivity index (χ1v) is 8.47. The average molecular weight is 309 g/mol. The van der Waals surface area contributed by atoms with Crippen LogP contribution in [0.1, 0.15) is 63.5 Å². The van der Waals surface area contributed by atoms with Crippen LogP contribution in [0.2, 0.25) is 0 Å². The molecule has 4 atom stereocenters. The van der Waals surface area contributed by atoms with E-state index in [-0.39, 0.29) is 5.38 Å². The number of hydrogen-bond donors (Lipinski definition) is 0. The normalized spacial score (nSPS) is 27.6. The predicted octanol–water partition coefficient (Wildman–Crippen LogP) is 4.24. The molecule has 5 heteroatoms. The molecule has 4 unspecified atom stereocenters. The number of imidazole rings is 1. The van der Waals surface area contributed by atoms with Crippen molar-refractivity contribution in [3.63, 3.8) is 0 Å². The van der Waals surface area contributed by atoms with Gasteiger partial charge in [0.2, 0.25) is 0 Å². The maximum absolute atomic E-state index is 6.43. The lowest BCUT2D eigenvalue weighted by Crippen LogP contribution is -2.18. The van der Waals surface area contributed by atoms with Crippen LogP contribution in [0, 0.1) is 11.8 Å². The molecule has 21 heavy (non-hydrogen) atoms. The molecular weight excluding hydrogens is 284 g/mol. The van der Waals surface area contributed by atoms with E-state index in [0.717, 1.165) is 35.0 Å². The largest absolute Gasteiger partial charge is 0.308 e. The van der Waals surface area contributed by atoms with Crippen molar-refractivity contribution in [2.45, 2.75) is 58.4 Å². The lowest BCUT2D eigenvalue weighted by atomic mass is 9.97. The molecule has 1 aliphatic carbocycles. The molecule has 2 heterocycles. The molecule has 0 N–H and O–H groups in total. The summed E-state index contributed by atoms with van der Waals surface area (Å²) in [5, 5.41) is 4.56. The van der Waals surface area contributed by atoms with Crippen molar-refractivity contribution in [3.05, 3.63) is 11.5 Å². The fourth-order valence-corrected chi connectivity index (χ4v) is 3.92. The Hall–Kier alpha value is -1.03. The number of fused-ring (bicyclic) bond motifs is 1. The number of aromatic nitrogens is 4. The minimum Gasteiger partial charge on any atom is -0.308 e. The number of halogens is 1. The third-order valence-electron chi connectivity index (χ3n) is 5.21. The summed E-state index contributed by atoms with van der Waals surface area (Å²) in [5.41, 5.74) is 3.25. The molecule has 2 aromatic rings. The monoisotopic (exact) mass is 308 g/mol. The van der Waals surface area contributed by atoms with E-state index in [1.54, 1.807) is 0 Å². The third kappa shape index (κ3) is 2.19. The molecular formula is C16H25ClN4. The molecule has 1 fully saturated rings. The van der Waals surface area contributed by atoms with E-state index in [1.807, 2.05) is 18.7 Å². The zero-order chi connectivity index (χ0) is 15.3. The van der Waals surface area contributed by atoms with Crippen LogP contribution in [0.5, 0.6) is 0 Å². The number of alkyl halides is 1. The lowest BCUT2D eigenvalue weighted by Gasteiger charge is -2.23. The van der Waals surface area contributed by atoms with E-state index in [4.69, 9.17) is 16.6 Å². The second kappa shape index (κ2) is 5.31. The van der Waals surface area contributed by atoms with Gasteiger partial charge in [-0.3, -0.25) is 4.68 Å². The van der Waals surface area contributed by atoms with Crippen molar-refractivity contribution < 1.29 is 0 Å². The van der Waals surface area contributed by atoms with Crippen LogP contribution in [-0.4, -0.2) is 19.3 Å². The lowest BCUT2D eigenvalue weighted by molar-refractivity contribution is 0.349. The van der Waals surface area contributed by atoms with Gasteiger partial charge in [-0.2, -0.15) is 5.10 Å². The molecule has 0 spiro atoms. The maximum Gasteiger partial charge on any atom is 0.158 e. The Kier molecular flexibility index (Phi) is 3.76. The van der Waals surface area contributed by atoms with Crippen molar-refractivity contribution in [1.82, 2.24) is 19.3 Å². The fraction of sp³-hybridized carbons (Fsp3) is 0.750. The SMILES string of the molecule is CCc1nn(C)c2c1nc(C(C)Cl)n2C1CCC(C)C1C. The van der Waals surface area contributed by atoms with Crippen LogP contribution in [0.15, 0.2) is 0 Å². The highest BCUT2D eigenvalue weighted by Crippen LogP contribution is 2.43. The molecule has 0 radical (unpaired) electrons. The van der Waals surface area contributed by atoms with Crippen molar-refractivity contribution in [2.75, 3.05) is 0 Å². The summed E-state index contributed by atoms with van der Waals surface area (Å²) in [6.45, 7) is 8.85. The average Bonchev–Trinajstić information content (AvgIpc) is 3.06. The van der Waals surface area contributed by atoms with Crippen LogP contribution < -0.4 is 0 Å². The van der Waals surface area contributed by atoms with Gasteiger partial charge in [0.1, 0.15) is 11.3 Å². The van der Waals surface area contributed by atoms with Gasteiger partial charge in [-0.1, -0.05) is 20.8 Å². The number of rotatable bonds is 3. The second-order valence-corrected chi connectivity index (χ2v) is 7.19. The summed E-state index contributed by atoms with van der Waals surface area (Å²) >= 11 is 6.43. The molecule has 116 valence electrons. The van der Waals surface area contributed by atoms with Crippen LogP contribution >= 0.6 is 11.6 Å². The molecule has 1 aliphatic rings. The molecule has 0 saturated heterocycles. The Balaban J connectivity index is 2.23. The predicted molar refractivity (Wildman–Crippen MR) is 86.7 cm³/mol. The Bertz CT molecular complexity index is 655. The van der Waals surface area contributed by atoms with Gasteiger partial charge >= 0.3 is 0 Å². The summed E-state index contributed by atoms with van der Waals surface area (Å²) in [6.07, 6.45) is 3.39. The van der Waals surface area contributed by atoms with Gasteiger partial charge in [-0.25, -0.2) is 4.98 Å². The highest BCUT2D eigenvalue weighted by molar-refractivity contribution is 6.20. The number of hydrogen-bond acceptors (Lipinski definition) is 2. The Morgan fingerprint density at radius 1 is 1.33 bits per heavy atom. The van der Waals surface area contributed by atoms with Crippen molar-refractivity contribution in [2.24, 2.45) is 18.9 Å². The first kappa shape index (κ1) is 14.9. The molecule has 0 bridgehead atoms. The summed E-state index contributed by atoms with van der Waals surface area (Å²) in [7, 11) is 2.02. The Morgan fingerprint density at radius 3 is 2.57 bits per heavy atom. The van der Waals surface area contributed by atoms with E-state index in [1.165, 1.54) is 12.8 Å². The van der Waals surface area contributed by atoms with Gasteiger partial charge in [0.25, 0.3) is 0 Å². The first-order chi connectivity index (χ1) is 9.95. The van der Waals surface area contributed by atoms with Crippen molar-refractivity contribution in [1.29, 1.82) is 0 Å². The van der Waals surface area contributed by atoms with Gasteiger partial charge in [0, 0.05) is 13.1 Å². The summed E-state index contributed by atoms with van der Waals surface area (Å²) < 4.78 is 4.37. The van der Waals surface area contributed by atoms with Crippen molar-refractivity contribution in [3.8, 4) is 0 Å². The van der Waals surface area contributed by atoms with E-state index in [0.29, 0.717) is 12.0 Å². The molecule has 2 aromatic heterocycles. The number of aryl methyl sites for hydroxylation is 2. The Labute approximate surface area is 131 Å². The zero-order valence-electron chi connectivity index (χ0n) is 13.6. The Morgan fingerprint density at radius 2 is 2.05 bits per heavy atom. The summed E-state index contributed by atoms with van der Waals surface area (Å²) in [5.74, 6) is 2.40. The highest BCUT2D eigenvalue weighted by Gasteiger charge is 2.35. The summed E-state index contributed by atoms with van der Waals surface area (Å²) in [4.78, 5) is 4.86. The van der Waals surface area contributed by atoms with Gasteiger partial charge in [0.05, 0.1) is 11.1 Å². The van der Waals surface area contributed by atoms with Gasteiger partial charge in [0.15, 0.2) is 5.65 Å². The fourth-order valence-electron chi connectivity index (χ4n) is 3.77. The smallest absolute Gasteiger partial charge is 0.158 e. The molecule has 4 nitrogen and oxygen atoms in total. The first-order valence-electron chi connectivity index (χ1n) is 8.03. The maximum atomic E-state index is 6.43. The quantitative estimate of drug-likeness (QED) is 0.795. The van der Waals surface area contributed by atoms with Crippen molar-refractivity contribution >= 4 is 22.8 Å². The zero-order valence-corrected chi connectivity index (χ0v) is 14.4. The van der Waals surface area contributed by atoms with E-state index >= 15 is 0 Å². The summed E-state index contributed by atoms with van der Waals surface area (Å²) in [6, 6.07) is 0.487. The van der Waals surface area contributed by atoms with Crippen LogP contribution in [0.3, 0.4) is 0 Å². The highest BCUT2D eigenvalue weighted by atomic mass is 35.5. The van der Waals surface area contributed by atoms with E-state index in [2.05, 4.69) is 30.4 Å². The molecule has 0 amide bonds. The second-order valence-electron chi connectivity index (χ2n) is 6.53. The standard InChI is InChI=1S/C16H25ClN4/c1-6-12-14-16(20(5)19-12)21(15(18-14)11(4)17)13-8-7-9(2)10(13)3/h9-11,13H,6-8H2,1-5H3. The van der Waals surface area contributed by atoms with Crippen LogP contribution in [0.4, 0.5) is 0 Å². The molecule has 3 rings (SSSR count). The minimum atomic E-state index is -0.0785. The van der Waals surface area contributed by atoms with E-state index < -0.39 is 0 Å². The van der Waals surface area contributed by atoms with Gasteiger partial charge in [-0.15, -0.1) is 11.6 Å². The van der Waals surface area contributed by atoms with Gasteiger partial charge in [-0.05, 0) is 38.0 Å². The molecule has 1 saturated carbocycles. The molecule has 0 aliphatic heterocycles. The van der Waals surface area contributed by atoms with E-state index in [9.17, 15) is 0 Å².